The summed E-state index contributed by atoms with van der Waals surface area (Å²) >= 11 is 0. The second-order valence-corrected chi connectivity index (χ2v) is 10.6. The van der Waals surface area contributed by atoms with Gasteiger partial charge in [0.05, 0.1) is 22.8 Å². The molecule has 5 heteroatoms. The molecule has 0 saturated heterocycles. The highest BCUT2D eigenvalue weighted by Gasteiger charge is 2.23. The maximum Gasteiger partial charge on any atom is 0.135 e. The second-order valence-electron chi connectivity index (χ2n) is 10.6. The normalized spacial score (nSPS) is 11.1. The fraction of sp³-hybridized carbons (Fsp3) is 0. The second kappa shape index (κ2) is 9.74. The predicted molar refractivity (Wildman–Crippen MR) is 171 cm³/mol. The number of rotatable bonds is 3. The molecular weight excluding hydrogens is 542 g/mol. The summed E-state index contributed by atoms with van der Waals surface area (Å²) in [5.41, 5.74) is 8.39. The van der Waals surface area contributed by atoms with Gasteiger partial charge in [0.15, 0.2) is 0 Å². The molecule has 6 aromatic carbocycles. The highest BCUT2D eigenvalue weighted by atomic mass is 16.3. The summed E-state index contributed by atoms with van der Waals surface area (Å²) in [6.45, 7) is 0. The van der Waals surface area contributed by atoms with E-state index >= 15 is 0 Å². The lowest BCUT2D eigenvalue weighted by molar-refractivity contribution is 0.668. The van der Waals surface area contributed by atoms with Gasteiger partial charge in [0.25, 0.3) is 0 Å². The number of hydrogen-bond acceptors (Lipinski definition) is 5. The van der Waals surface area contributed by atoms with Gasteiger partial charge in [0.1, 0.15) is 34.5 Å². The van der Waals surface area contributed by atoms with Gasteiger partial charge in [-0.15, -0.1) is 0 Å². The number of furan rings is 2. The zero-order chi connectivity index (χ0) is 29.8. The highest BCUT2D eigenvalue weighted by Crippen LogP contribution is 2.43. The fourth-order valence-electron chi connectivity index (χ4n) is 6.19. The Kier molecular flexibility index (Phi) is 5.56. The van der Waals surface area contributed by atoms with Crippen LogP contribution >= 0.6 is 0 Å². The van der Waals surface area contributed by atoms with Crippen molar-refractivity contribution in [3.63, 3.8) is 0 Å². The van der Waals surface area contributed by atoms with E-state index < -0.39 is 0 Å². The van der Waals surface area contributed by atoms with Crippen molar-refractivity contribution in [3.8, 4) is 51.6 Å². The van der Waals surface area contributed by atoms with Crippen LogP contribution in [0.5, 0.6) is 0 Å². The zero-order valence-corrected chi connectivity index (χ0v) is 23.1. The molecule has 0 aliphatic heterocycles. The molecule has 0 unspecified atom stereocenters. The van der Waals surface area contributed by atoms with Crippen LogP contribution in [-0.4, -0.2) is 0 Å². The Labute approximate surface area is 251 Å². The minimum atomic E-state index is 0.363. The molecule has 0 atom stereocenters. The first kappa shape index (κ1) is 25.1. The molecule has 0 spiro atoms. The monoisotopic (exact) mass is 561 g/mol. The van der Waals surface area contributed by atoms with Crippen LogP contribution in [0.15, 0.2) is 124 Å². The molecular formula is C39H19N3O2. The summed E-state index contributed by atoms with van der Waals surface area (Å²) in [7, 11) is 0. The molecule has 0 amide bonds. The van der Waals surface area contributed by atoms with Crippen LogP contribution in [0.25, 0.3) is 77.3 Å². The number of nitriles is 3. The Morgan fingerprint density at radius 2 is 0.932 bits per heavy atom. The Morgan fingerprint density at radius 1 is 0.409 bits per heavy atom. The quantitative estimate of drug-likeness (QED) is 0.214. The smallest absolute Gasteiger partial charge is 0.135 e. The molecule has 0 N–H and O–H groups in total. The third-order valence-electron chi connectivity index (χ3n) is 8.21. The predicted octanol–water partition coefficient (Wildman–Crippen LogP) is 10.1. The summed E-state index contributed by atoms with van der Waals surface area (Å²) in [6, 6.07) is 43.5. The van der Waals surface area contributed by atoms with Crippen molar-refractivity contribution in [2.45, 2.75) is 0 Å². The number of hydrogen-bond donors (Lipinski definition) is 0. The number of fused-ring (bicyclic) bond motifs is 6. The van der Waals surface area contributed by atoms with Crippen molar-refractivity contribution in [1.82, 2.24) is 0 Å². The summed E-state index contributed by atoms with van der Waals surface area (Å²) in [5, 5.41) is 34.8. The standard InChI is InChI=1S/C39H19N3O2/c40-20-23-6-5-7-24(16-23)29-19-30(25-12-14-37-31(17-25)27-8-1-3-10-35(27)43-37)34(22-42)39(33(29)21-41)26-13-15-38-32(18-26)28-9-2-4-11-36(28)44-38/h1-19H. The van der Waals surface area contributed by atoms with Crippen molar-refractivity contribution in [2.75, 3.05) is 0 Å². The third kappa shape index (κ3) is 3.77. The van der Waals surface area contributed by atoms with Gasteiger partial charge in [0, 0.05) is 38.2 Å². The number of benzene rings is 6. The van der Waals surface area contributed by atoms with Crippen LogP contribution in [0, 0.1) is 34.0 Å². The molecule has 202 valence electrons. The van der Waals surface area contributed by atoms with Crippen molar-refractivity contribution in [3.05, 3.63) is 132 Å². The Morgan fingerprint density at radius 3 is 1.52 bits per heavy atom. The molecule has 5 nitrogen and oxygen atoms in total. The van der Waals surface area contributed by atoms with Gasteiger partial charge in [-0.3, -0.25) is 0 Å². The SMILES string of the molecule is N#Cc1cccc(-c2cc(-c3ccc4oc5ccccc5c4c3)c(C#N)c(-c3ccc4oc5ccccc5c4c3)c2C#N)c1. The van der Waals surface area contributed by atoms with Crippen LogP contribution in [0.1, 0.15) is 16.7 Å². The minimum absolute atomic E-state index is 0.363. The largest absolute Gasteiger partial charge is 0.456 e. The summed E-state index contributed by atoms with van der Waals surface area (Å²) in [5.74, 6) is 0. The van der Waals surface area contributed by atoms with E-state index in [-0.39, 0.29) is 0 Å². The van der Waals surface area contributed by atoms with Gasteiger partial charge in [-0.2, -0.15) is 15.8 Å². The summed E-state index contributed by atoms with van der Waals surface area (Å²) in [6.07, 6.45) is 0. The third-order valence-corrected chi connectivity index (χ3v) is 8.21. The molecule has 0 bridgehead atoms. The van der Waals surface area contributed by atoms with E-state index in [0.717, 1.165) is 60.6 Å². The van der Waals surface area contributed by atoms with Crippen LogP contribution in [0.2, 0.25) is 0 Å². The Bertz CT molecular complexity index is 2600. The van der Waals surface area contributed by atoms with Gasteiger partial charge in [0.2, 0.25) is 0 Å². The molecule has 2 aromatic heterocycles. The summed E-state index contributed by atoms with van der Waals surface area (Å²) in [4.78, 5) is 0. The molecule has 2 heterocycles. The molecule has 8 rings (SSSR count). The van der Waals surface area contributed by atoms with E-state index in [1.165, 1.54) is 0 Å². The summed E-state index contributed by atoms with van der Waals surface area (Å²) < 4.78 is 12.1. The molecule has 8 aromatic rings. The number of para-hydroxylation sites is 2. The van der Waals surface area contributed by atoms with E-state index in [9.17, 15) is 15.8 Å². The van der Waals surface area contributed by atoms with Crippen LogP contribution in [0.4, 0.5) is 0 Å². The highest BCUT2D eigenvalue weighted by molar-refractivity contribution is 6.08. The average Bonchev–Trinajstić information content (AvgIpc) is 3.64. The first-order chi connectivity index (χ1) is 21.7. The van der Waals surface area contributed by atoms with Gasteiger partial charge in [-0.25, -0.2) is 0 Å². The maximum absolute atomic E-state index is 10.7. The maximum atomic E-state index is 10.7. The molecule has 44 heavy (non-hydrogen) atoms. The van der Waals surface area contributed by atoms with Gasteiger partial charge < -0.3 is 8.83 Å². The van der Waals surface area contributed by atoms with Crippen LogP contribution in [-0.2, 0) is 0 Å². The van der Waals surface area contributed by atoms with Crippen molar-refractivity contribution < 1.29 is 8.83 Å². The first-order valence-corrected chi connectivity index (χ1v) is 14.0. The Hall–Kier alpha value is -6.61. The van der Waals surface area contributed by atoms with E-state index in [1.54, 1.807) is 18.2 Å². The zero-order valence-electron chi connectivity index (χ0n) is 23.1. The van der Waals surface area contributed by atoms with Gasteiger partial charge in [-0.05, 0) is 71.3 Å². The molecule has 0 aliphatic rings. The van der Waals surface area contributed by atoms with E-state index in [2.05, 4.69) is 18.2 Å². The molecule has 0 fully saturated rings. The minimum Gasteiger partial charge on any atom is -0.456 e. The van der Waals surface area contributed by atoms with Crippen LogP contribution in [0.3, 0.4) is 0 Å². The van der Waals surface area contributed by atoms with Gasteiger partial charge in [-0.1, -0.05) is 60.7 Å². The van der Waals surface area contributed by atoms with E-state index in [1.807, 2.05) is 97.1 Å². The first-order valence-electron chi connectivity index (χ1n) is 14.0. The van der Waals surface area contributed by atoms with E-state index in [0.29, 0.717) is 33.4 Å². The lowest BCUT2D eigenvalue weighted by Gasteiger charge is -2.17. The van der Waals surface area contributed by atoms with Crippen LogP contribution < -0.4 is 0 Å². The van der Waals surface area contributed by atoms with Gasteiger partial charge >= 0.3 is 0 Å². The lowest BCUT2D eigenvalue weighted by atomic mass is 9.83. The average molecular weight is 562 g/mol. The lowest BCUT2D eigenvalue weighted by Crippen LogP contribution is -1.98. The van der Waals surface area contributed by atoms with Crippen molar-refractivity contribution in [1.29, 1.82) is 15.8 Å². The Balaban J connectivity index is 1.47. The number of nitrogens with zero attached hydrogens (tertiary/aromatic N) is 3. The topological polar surface area (TPSA) is 97.7 Å². The van der Waals surface area contributed by atoms with E-state index in [4.69, 9.17) is 8.83 Å². The molecule has 0 saturated carbocycles. The molecule has 0 aliphatic carbocycles. The fourth-order valence-corrected chi connectivity index (χ4v) is 6.19. The van der Waals surface area contributed by atoms with Crippen molar-refractivity contribution >= 4 is 43.9 Å². The molecule has 0 radical (unpaired) electrons. The van der Waals surface area contributed by atoms with Crippen molar-refractivity contribution in [2.24, 2.45) is 0 Å².